The van der Waals surface area contributed by atoms with Crippen LogP contribution in [0.3, 0.4) is 0 Å². The maximum Gasteiger partial charge on any atom is 0.416 e. The second-order valence-electron chi connectivity index (χ2n) is 11.8. The summed E-state index contributed by atoms with van der Waals surface area (Å²) < 4.78 is 133. The predicted molar refractivity (Wildman–Crippen MR) is 149 cm³/mol. The van der Waals surface area contributed by atoms with E-state index in [1.807, 2.05) is 0 Å². The molecule has 4 rings (SSSR count). The van der Waals surface area contributed by atoms with E-state index in [9.17, 15) is 49.4 Å². The number of carbonyl (C=O) groups excluding carboxylic acids is 1. The third-order valence-corrected chi connectivity index (χ3v) is 7.99. The molecule has 1 fully saturated rings. The van der Waals surface area contributed by atoms with Crippen molar-refractivity contribution in [2.45, 2.75) is 69.8 Å². The van der Waals surface area contributed by atoms with Crippen molar-refractivity contribution in [2.75, 3.05) is 13.7 Å². The second-order valence-corrected chi connectivity index (χ2v) is 11.8. The highest BCUT2D eigenvalue weighted by Crippen LogP contribution is 2.43. The molecule has 2 atom stereocenters. The molecule has 0 spiro atoms. The Labute approximate surface area is 258 Å². The molecule has 0 saturated carbocycles. The van der Waals surface area contributed by atoms with E-state index in [2.05, 4.69) is 0 Å². The summed E-state index contributed by atoms with van der Waals surface area (Å²) in [5.74, 6) is 0.290. The summed E-state index contributed by atoms with van der Waals surface area (Å²) in [6.07, 6.45) is -17.9. The SMILES string of the molecule is COc1ccc(C(C)(C)CO)cc1-c1ccc(C(F)(F)F)cc1CN1C(=O)O[C@H](c2cc(C(F)(F)F)cc(C(F)(F)F)c2)C[C@@H]1C. The molecule has 46 heavy (non-hydrogen) atoms. The fourth-order valence-electron chi connectivity index (χ4n) is 5.22. The van der Waals surface area contributed by atoms with E-state index in [1.165, 1.54) is 20.1 Å². The largest absolute Gasteiger partial charge is 0.496 e. The topological polar surface area (TPSA) is 59.0 Å². The number of nitrogens with zero attached hydrogens (tertiary/aromatic N) is 1. The molecule has 0 aromatic heterocycles. The van der Waals surface area contributed by atoms with Gasteiger partial charge in [-0.2, -0.15) is 39.5 Å². The Balaban J connectivity index is 1.75. The van der Waals surface area contributed by atoms with Crippen LogP contribution in [-0.2, 0) is 35.2 Å². The molecule has 250 valence electrons. The molecule has 0 bridgehead atoms. The van der Waals surface area contributed by atoms with Crippen LogP contribution in [0.1, 0.15) is 66.7 Å². The van der Waals surface area contributed by atoms with Crippen molar-refractivity contribution in [3.63, 3.8) is 0 Å². The lowest BCUT2D eigenvalue weighted by Gasteiger charge is -2.38. The molecule has 14 heteroatoms. The number of aliphatic hydroxyl groups is 1. The number of methoxy groups -OCH3 is 1. The van der Waals surface area contributed by atoms with E-state index < -0.39 is 71.0 Å². The molecule has 1 saturated heterocycles. The third kappa shape index (κ3) is 7.37. The molecule has 5 nitrogen and oxygen atoms in total. The van der Waals surface area contributed by atoms with Gasteiger partial charge in [-0.3, -0.25) is 0 Å². The average Bonchev–Trinajstić information content (AvgIpc) is 2.96. The van der Waals surface area contributed by atoms with Crippen LogP contribution in [0.2, 0.25) is 0 Å². The first-order chi connectivity index (χ1) is 21.2. The summed E-state index contributed by atoms with van der Waals surface area (Å²) in [5.41, 5.74) is -4.12. The molecule has 1 aliphatic rings. The van der Waals surface area contributed by atoms with Gasteiger partial charge >= 0.3 is 24.6 Å². The number of ether oxygens (including phenoxy) is 2. The zero-order chi connectivity index (χ0) is 34.4. The molecule has 0 unspecified atom stereocenters. The van der Waals surface area contributed by atoms with Crippen molar-refractivity contribution in [2.24, 2.45) is 0 Å². The minimum Gasteiger partial charge on any atom is -0.496 e. The molecular weight excluding hydrogens is 633 g/mol. The number of hydrogen-bond donors (Lipinski definition) is 1. The fraction of sp³-hybridized carbons (Fsp3) is 0.406. The van der Waals surface area contributed by atoms with Gasteiger partial charge in [0.05, 0.1) is 30.4 Å². The van der Waals surface area contributed by atoms with Crippen LogP contribution in [0.5, 0.6) is 5.75 Å². The van der Waals surface area contributed by atoms with Crippen molar-refractivity contribution >= 4 is 6.09 Å². The summed E-state index contributed by atoms with van der Waals surface area (Å²) in [5, 5.41) is 9.88. The van der Waals surface area contributed by atoms with Gasteiger partial charge < -0.3 is 19.5 Å². The zero-order valence-corrected chi connectivity index (χ0v) is 25.0. The summed E-state index contributed by atoms with van der Waals surface area (Å²) in [6.45, 7) is 4.29. The number of carbonyl (C=O) groups is 1. The zero-order valence-electron chi connectivity index (χ0n) is 25.0. The molecule has 0 radical (unpaired) electrons. The van der Waals surface area contributed by atoms with Crippen LogP contribution < -0.4 is 4.74 Å². The van der Waals surface area contributed by atoms with E-state index in [-0.39, 0.29) is 36.0 Å². The molecule has 1 amide bonds. The Morgan fingerprint density at radius 2 is 1.37 bits per heavy atom. The van der Waals surface area contributed by atoms with Gasteiger partial charge in [-0.05, 0) is 71.6 Å². The van der Waals surface area contributed by atoms with Crippen LogP contribution in [0.25, 0.3) is 11.1 Å². The molecular formula is C32H30F9NO4. The predicted octanol–water partition coefficient (Wildman–Crippen LogP) is 9.16. The Bertz CT molecular complexity index is 1560. The first-order valence-corrected chi connectivity index (χ1v) is 13.9. The van der Waals surface area contributed by atoms with Gasteiger partial charge in [0.15, 0.2) is 0 Å². The van der Waals surface area contributed by atoms with Crippen LogP contribution >= 0.6 is 0 Å². The summed E-state index contributed by atoms with van der Waals surface area (Å²) >= 11 is 0. The number of benzene rings is 3. The lowest BCUT2D eigenvalue weighted by Crippen LogP contribution is -2.44. The highest BCUT2D eigenvalue weighted by Gasteiger charge is 2.40. The molecule has 3 aromatic rings. The van der Waals surface area contributed by atoms with Gasteiger partial charge in [0, 0.05) is 30.0 Å². The maximum atomic E-state index is 13.8. The van der Waals surface area contributed by atoms with Crippen LogP contribution in [-0.4, -0.2) is 35.9 Å². The van der Waals surface area contributed by atoms with Gasteiger partial charge in [0.25, 0.3) is 0 Å². The molecule has 0 aliphatic carbocycles. The lowest BCUT2D eigenvalue weighted by atomic mass is 9.83. The lowest BCUT2D eigenvalue weighted by molar-refractivity contribution is -0.143. The van der Waals surface area contributed by atoms with Gasteiger partial charge in [-0.1, -0.05) is 26.0 Å². The first kappa shape index (κ1) is 34.9. The smallest absolute Gasteiger partial charge is 0.416 e. The van der Waals surface area contributed by atoms with E-state index in [1.54, 1.807) is 32.0 Å². The van der Waals surface area contributed by atoms with Crippen molar-refractivity contribution in [3.05, 3.63) is 88.0 Å². The van der Waals surface area contributed by atoms with Crippen molar-refractivity contribution in [1.29, 1.82) is 0 Å². The van der Waals surface area contributed by atoms with Gasteiger partial charge in [-0.25, -0.2) is 4.79 Å². The minimum atomic E-state index is -5.11. The normalized spacial score (nSPS) is 18.0. The quantitative estimate of drug-likeness (QED) is 0.256. The fourth-order valence-corrected chi connectivity index (χ4v) is 5.22. The Morgan fingerprint density at radius 1 is 0.804 bits per heavy atom. The molecule has 3 aromatic carbocycles. The number of cyclic esters (lactones) is 1. The highest BCUT2D eigenvalue weighted by molar-refractivity contribution is 5.76. The van der Waals surface area contributed by atoms with Gasteiger partial charge in [0.2, 0.25) is 0 Å². The molecule has 1 N–H and O–H groups in total. The van der Waals surface area contributed by atoms with E-state index in [0.717, 1.165) is 17.0 Å². The second kappa shape index (κ2) is 12.3. The van der Waals surface area contributed by atoms with E-state index in [4.69, 9.17) is 9.47 Å². The van der Waals surface area contributed by atoms with Crippen LogP contribution in [0.15, 0.2) is 54.6 Å². The summed E-state index contributed by atoms with van der Waals surface area (Å²) in [7, 11) is 1.36. The Hall–Kier alpha value is -3.94. The van der Waals surface area contributed by atoms with Crippen molar-refractivity contribution in [3.8, 4) is 16.9 Å². The first-order valence-electron chi connectivity index (χ1n) is 13.9. The molecule has 1 aliphatic heterocycles. The van der Waals surface area contributed by atoms with E-state index in [0.29, 0.717) is 23.3 Å². The maximum absolute atomic E-state index is 13.8. The number of hydrogen-bond acceptors (Lipinski definition) is 4. The standard InChI is InChI=1S/C32H30F9NO4/c1-17-9-27(18-10-22(31(36,37)38)13-23(11-18)32(39,40)41)46-28(44)42(17)15-19-12-21(30(33,34)35)5-7-24(19)25-14-20(29(2,3)16-43)6-8-26(25)45-4/h5-8,10-14,17,27,43H,9,15-16H2,1-4H3/t17-,27-/m0/s1. The van der Waals surface area contributed by atoms with Gasteiger partial charge in [0.1, 0.15) is 11.9 Å². The third-order valence-electron chi connectivity index (χ3n) is 7.99. The highest BCUT2D eigenvalue weighted by atomic mass is 19.4. The van der Waals surface area contributed by atoms with Crippen LogP contribution in [0, 0.1) is 0 Å². The minimum absolute atomic E-state index is 0.0211. The summed E-state index contributed by atoms with van der Waals surface area (Å²) in [6, 6.07) is 7.93. The van der Waals surface area contributed by atoms with Crippen molar-refractivity contribution in [1.82, 2.24) is 4.90 Å². The summed E-state index contributed by atoms with van der Waals surface area (Å²) in [4.78, 5) is 14.3. The van der Waals surface area contributed by atoms with E-state index >= 15 is 0 Å². The number of rotatable bonds is 7. The molecule has 1 heterocycles. The van der Waals surface area contributed by atoms with Gasteiger partial charge in [-0.15, -0.1) is 0 Å². The monoisotopic (exact) mass is 663 g/mol. The number of halogens is 9. The number of alkyl halides is 9. The number of aliphatic hydroxyl groups excluding tert-OH is 1. The Morgan fingerprint density at radius 3 is 1.87 bits per heavy atom. The average molecular weight is 664 g/mol. The Kier molecular flexibility index (Phi) is 9.37. The van der Waals surface area contributed by atoms with Crippen molar-refractivity contribution < 1.29 is 58.9 Å². The van der Waals surface area contributed by atoms with Crippen LogP contribution in [0.4, 0.5) is 44.3 Å². The number of amides is 1.